The second-order valence-electron chi connectivity index (χ2n) is 1.92. The first kappa shape index (κ1) is 10.9. The Bertz CT molecular complexity index is 146. The van der Waals surface area contributed by atoms with Gasteiger partial charge in [0, 0.05) is 0 Å². The van der Waals surface area contributed by atoms with Crippen LogP contribution < -0.4 is 0 Å². The highest BCUT2D eigenvalue weighted by Crippen LogP contribution is 2.47. The standard InChI is InChI=1S/C7H15O3P/c1-4-7-11(8,9-5-2)10-6-3/h4H,1,5-7H2,2-3H3. The van der Waals surface area contributed by atoms with Gasteiger partial charge in [-0.3, -0.25) is 4.57 Å². The van der Waals surface area contributed by atoms with Crippen LogP contribution >= 0.6 is 7.60 Å². The Kier molecular flexibility index (Phi) is 5.47. The largest absolute Gasteiger partial charge is 0.334 e. The zero-order valence-electron chi connectivity index (χ0n) is 7.08. The first-order valence-electron chi connectivity index (χ1n) is 3.67. The minimum absolute atomic E-state index is 0.286. The lowest BCUT2D eigenvalue weighted by molar-refractivity contribution is 0.222. The van der Waals surface area contributed by atoms with Gasteiger partial charge < -0.3 is 9.05 Å². The highest BCUT2D eigenvalue weighted by Gasteiger charge is 2.20. The highest BCUT2D eigenvalue weighted by atomic mass is 31.2. The molecule has 0 aromatic rings. The summed E-state index contributed by atoms with van der Waals surface area (Å²) in [6.45, 7) is 7.87. The first-order valence-corrected chi connectivity index (χ1v) is 5.40. The molecule has 0 saturated heterocycles. The molecular weight excluding hydrogens is 163 g/mol. The van der Waals surface area contributed by atoms with Crippen molar-refractivity contribution in [3.63, 3.8) is 0 Å². The molecule has 11 heavy (non-hydrogen) atoms. The number of hydrogen-bond acceptors (Lipinski definition) is 3. The van der Waals surface area contributed by atoms with Gasteiger partial charge in [0.2, 0.25) is 0 Å². The van der Waals surface area contributed by atoms with Gasteiger partial charge in [0.25, 0.3) is 0 Å². The van der Waals surface area contributed by atoms with Crippen LogP contribution in [0.1, 0.15) is 13.8 Å². The molecule has 0 aromatic heterocycles. The smallest absolute Gasteiger partial charge is 0.309 e. The molecule has 0 saturated carbocycles. The van der Waals surface area contributed by atoms with Crippen molar-refractivity contribution in [1.82, 2.24) is 0 Å². The molecule has 0 bridgehead atoms. The van der Waals surface area contributed by atoms with E-state index in [4.69, 9.17) is 9.05 Å². The van der Waals surface area contributed by atoms with E-state index in [1.54, 1.807) is 19.9 Å². The van der Waals surface area contributed by atoms with Gasteiger partial charge >= 0.3 is 7.60 Å². The third-order valence-corrected chi connectivity index (χ3v) is 3.01. The van der Waals surface area contributed by atoms with Gasteiger partial charge in [0.05, 0.1) is 19.4 Å². The molecule has 0 fully saturated rings. The molecule has 4 heteroatoms. The van der Waals surface area contributed by atoms with Gasteiger partial charge in [0.1, 0.15) is 0 Å². The van der Waals surface area contributed by atoms with Crippen LogP contribution in [-0.2, 0) is 13.6 Å². The summed E-state index contributed by atoms with van der Waals surface area (Å²) in [5, 5.41) is 0. The molecule has 66 valence electrons. The molecule has 0 aliphatic carbocycles. The maximum absolute atomic E-state index is 11.5. The maximum Gasteiger partial charge on any atom is 0.334 e. The molecule has 0 aliphatic rings. The Labute approximate surface area is 67.9 Å². The molecule has 0 aromatic carbocycles. The summed E-state index contributed by atoms with van der Waals surface area (Å²) in [5.74, 6) is 0. The molecule has 0 unspecified atom stereocenters. The Morgan fingerprint density at radius 1 is 1.36 bits per heavy atom. The van der Waals surface area contributed by atoms with Gasteiger partial charge in [-0.05, 0) is 13.8 Å². The van der Waals surface area contributed by atoms with E-state index in [1.165, 1.54) is 0 Å². The summed E-state index contributed by atoms with van der Waals surface area (Å²) in [6.07, 6.45) is 1.83. The topological polar surface area (TPSA) is 35.5 Å². The van der Waals surface area contributed by atoms with Crippen molar-refractivity contribution in [3.8, 4) is 0 Å². The molecule has 0 aliphatic heterocycles. The Morgan fingerprint density at radius 3 is 2.09 bits per heavy atom. The van der Waals surface area contributed by atoms with Gasteiger partial charge in [-0.2, -0.15) is 0 Å². The predicted octanol–water partition coefficient (Wildman–Crippen LogP) is 2.44. The summed E-state index contributed by atoms with van der Waals surface area (Å²) in [4.78, 5) is 0. The number of hydrogen-bond donors (Lipinski definition) is 0. The lowest BCUT2D eigenvalue weighted by Crippen LogP contribution is -1.97. The summed E-state index contributed by atoms with van der Waals surface area (Å²) in [6, 6.07) is 0. The molecule has 0 rings (SSSR count). The molecule has 3 nitrogen and oxygen atoms in total. The average Bonchev–Trinajstić information content (AvgIpc) is 1.88. The van der Waals surface area contributed by atoms with Crippen molar-refractivity contribution >= 4 is 7.60 Å². The van der Waals surface area contributed by atoms with E-state index >= 15 is 0 Å². The molecule has 0 atom stereocenters. The summed E-state index contributed by atoms with van der Waals surface area (Å²) >= 11 is 0. The Morgan fingerprint density at radius 2 is 1.82 bits per heavy atom. The molecule has 0 radical (unpaired) electrons. The fraction of sp³-hybridized carbons (Fsp3) is 0.714. The van der Waals surface area contributed by atoms with E-state index in [1.807, 2.05) is 0 Å². The van der Waals surface area contributed by atoms with Crippen molar-refractivity contribution in [1.29, 1.82) is 0 Å². The van der Waals surface area contributed by atoms with Gasteiger partial charge in [-0.1, -0.05) is 6.08 Å². The highest BCUT2D eigenvalue weighted by molar-refractivity contribution is 7.54. The summed E-state index contributed by atoms with van der Waals surface area (Å²) < 4.78 is 21.4. The minimum atomic E-state index is -2.84. The zero-order valence-corrected chi connectivity index (χ0v) is 7.97. The van der Waals surface area contributed by atoms with Crippen LogP contribution in [0, 0.1) is 0 Å². The SMILES string of the molecule is C=CCP(=O)(OCC)OCC. The minimum Gasteiger partial charge on any atom is -0.309 e. The molecule has 0 heterocycles. The van der Waals surface area contributed by atoms with E-state index < -0.39 is 7.60 Å². The van der Waals surface area contributed by atoms with E-state index in [0.717, 1.165) is 0 Å². The second kappa shape index (κ2) is 5.53. The average molecular weight is 178 g/mol. The number of rotatable bonds is 6. The molecule has 0 amide bonds. The third-order valence-electron chi connectivity index (χ3n) is 1.00. The molecule has 0 N–H and O–H groups in total. The van der Waals surface area contributed by atoms with Crippen LogP contribution in [0.15, 0.2) is 12.7 Å². The van der Waals surface area contributed by atoms with Crippen molar-refractivity contribution in [2.24, 2.45) is 0 Å². The lowest BCUT2D eigenvalue weighted by atomic mass is 10.8. The predicted molar refractivity (Wildman–Crippen MR) is 45.9 cm³/mol. The first-order chi connectivity index (χ1) is 5.18. The van der Waals surface area contributed by atoms with Crippen molar-refractivity contribution in [2.45, 2.75) is 13.8 Å². The van der Waals surface area contributed by atoms with Crippen molar-refractivity contribution in [3.05, 3.63) is 12.7 Å². The number of allylic oxidation sites excluding steroid dienone is 1. The van der Waals surface area contributed by atoms with Gasteiger partial charge in [-0.15, -0.1) is 6.58 Å². The van der Waals surface area contributed by atoms with Crippen LogP contribution in [0.5, 0.6) is 0 Å². The normalized spacial score (nSPS) is 11.5. The van der Waals surface area contributed by atoms with Crippen LogP contribution in [0.3, 0.4) is 0 Å². The van der Waals surface area contributed by atoms with Gasteiger partial charge in [0.15, 0.2) is 0 Å². The molecule has 0 spiro atoms. The quantitative estimate of drug-likeness (QED) is 0.463. The fourth-order valence-electron chi connectivity index (χ4n) is 0.694. The van der Waals surface area contributed by atoms with Crippen LogP contribution in [0.25, 0.3) is 0 Å². The third kappa shape index (κ3) is 4.35. The monoisotopic (exact) mass is 178 g/mol. The van der Waals surface area contributed by atoms with Crippen LogP contribution in [0.4, 0.5) is 0 Å². The Balaban J connectivity index is 4.01. The zero-order chi connectivity index (χ0) is 8.74. The van der Waals surface area contributed by atoms with E-state index in [-0.39, 0.29) is 6.16 Å². The van der Waals surface area contributed by atoms with Crippen molar-refractivity contribution in [2.75, 3.05) is 19.4 Å². The van der Waals surface area contributed by atoms with Crippen LogP contribution in [-0.4, -0.2) is 19.4 Å². The molecular formula is C7H15O3P. The van der Waals surface area contributed by atoms with E-state index in [2.05, 4.69) is 6.58 Å². The summed E-state index contributed by atoms with van der Waals surface area (Å²) in [5.41, 5.74) is 0. The Hall–Kier alpha value is -0.110. The van der Waals surface area contributed by atoms with E-state index in [0.29, 0.717) is 13.2 Å². The fourth-order valence-corrected chi connectivity index (χ4v) is 2.08. The summed E-state index contributed by atoms with van der Waals surface area (Å²) in [7, 11) is -2.84. The van der Waals surface area contributed by atoms with E-state index in [9.17, 15) is 4.57 Å². The second-order valence-corrected chi connectivity index (χ2v) is 4.02. The van der Waals surface area contributed by atoms with Crippen molar-refractivity contribution < 1.29 is 13.6 Å². The maximum atomic E-state index is 11.5. The van der Waals surface area contributed by atoms with Gasteiger partial charge in [-0.25, -0.2) is 0 Å². The van der Waals surface area contributed by atoms with Crippen LogP contribution in [0.2, 0.25) is 0 Å². The lowest BCUT2D eigenvalue weighted by Gasteiger charge is -2.14.